The van der Waals surface area contributed by atoms with Gasteiger partial charge in [0.2, 0.25) is 11.8 Å². The van der Waals surface area contributed by atoms with E-state index in [1.807, 2.05) is 70.2 Å². The zero-order valence-electron chi connectivity index (χ0n) is 18.1. The lowest BCUT2D eigenvalue weighted by Crippen LogP contribution is -2.48. The summed E-state index contributed by atoms with van der Waals surface area (Å²) in [5.74, 6) is 1.03. The van der Waals surface area contributed by atoms with Crippen molar-refractivity contribution in [3.63, 3.8) is 0 Å². The molecule has 0 aliphatic rings. The minimum absolute atomic E-state index is 0. The van der Waals surface area contributed by atoms with Crippen LogP contribution in [0.2, 0.25) is 0 Å². The van der Waals surface area contributed by atoms with Gasteiger partial charge in [0.1, 0.15) is 6.61 Å². The van der Waals surface area contributed by atoms with Crippen LogP contribution in [0.4, 0.5) is 0 Å². The fraction of sp³-hybridized carbons (Fsp3) is 0.409. The maximum atomic E-state index is 12.0. The molecule has 0 aliphatic heterocycles. The standard InChI is InChI=1S/C22H31N5O2.HI/c1-5-23-21(26-15-19(28)27-22(2,3)4)25-14-18-12-9-13-24-20(18)29-16-17-10-7-6-8-11-17;/h6-13H,5,14-16H2,1-4H3,(H,27,28)(H2,23,25,26);1H. The highest BCUT2D eigenvalue weighted by Gasteiger charge is 2.13. The van der Waals surface area contributed by atoms with E-state index in [-0.39, 0.29) is 42.0 Å². The maximum Gasteiger partial charge on any atom is 0.239 e. The number of halogens is 1. The van der Waals surface area contributed by atoms with Gasteiger partial charge in [-0.25, -0.2) is 9.98 Å². The topological polar surface area (TPSA) is 87.6 Å². The Kier molecular flexibility index (Phi) is 11.2. The number of ether oxygens (including phenoxy) is 1. The number of carbonyl (C=O) groups is 1. The molecule has 0 fully saturated rings. The van der Waals surface area contributed by atoms with Crippen molar-refractivity contribution in [2.75, 3.05) is 13.1 Å². The predicted octanol–water partition coefficient (Wildman–Crippen LogP) is 3.25. The first kappa shape index (κ1) is 25.7. The lowest BCUT2D eigenvalue weighted by Gasteiger charge is -2.21. The molecule has 1 aromatic carbocycles. The Morgan fingerprint density at radius 3 is 2.50 bits per heavy atom. The summed E-state index contributed by atoms with van der Waals surface area (Å²) < 4.78 is 5.88. The Bertz CT molecular complexity index is 807. The Labute approximate surface area is 196 Å². The number of aliphatic imine (C=N–C) groups is 1. The molecule has 1 amide bonds. The van der Waals surface area contributed by atoms with Gasteiger partial charge in [0.15, 0.2) is 5.96 Å². The van der Waals surface area contributed by atoms with Crippen LogP contribution in [0.5, 0.6) is 5.88 Å². The molecule has 0 aliphatic carbocycles. The molecular weight excluding hydrogens is 493 g/mol. The summed E-state index contributed by atoms with van der Waals surface area (Å²) >= 11 is 0. The smallest absolute Gasteiger partial charge is 0.239 e. The molecule has 0 radical (unpaired) electrons. The summed E-state index contributed by atoms with van der Waals surface area (Å²) in [5.41, 5.74) is 1.68. The van der Waals surface area contributed by atoms with Crippen LogP contribution < -0.4 is 20.7 Å². The molecule has 1 aromatic heterocycles. The van der Waals surface area contributed by atoms with Gasteiger partial charge in [-0.1, -0.05) is 36.4 Å². The molecule has 3 N–H and O–H groups in total. The van der Waals surface area contributed by atoms with Crippen molar-refractivity contribution in [2.45, 2.75) is 46.4 Å². The second kappa shape index (κ2) is 13.0. The Hall–Kier alpha value is -2.36. The number of rotatable bonds is 8. The van der Waals surface area contributed by atoms with E-state index in [0.717, 1.165) is 11.1 Å². The van der Waals surface area contributed by atoms with Gasteiger partial charge in [0.05, 0.1) is 13.1 Å². The molecule has 1 heterocycles. The Morgan fingerprint density at radius 2 is 1.83 bits per heavy atom. The fourth-order valence-electron chi connectivity index (χ4n) is 2.53. The molecule has 8 heteroatoms. The second-order valence-corrected chi connectivity index (χ2v) is 7.59. The lowest BCUT2D eigenvalue weighted by atomic mass is 10.1. The van der Waals surface area contributed by atoms with E-state index < -0.39 is 0 Å². The highest BCUT2D eigenvalue weighted by Crippen LogP contribution is 2.17. The van der Waals surface area contributed by atoms with Gasteiger partial charge < -0.3 is 20.7 Å². The number of carbonyl (C=O) groups excluding carboxylic acids is 1. The molecule has 2 aromatic rings. The van der Waals surface area contributed by atoms with Crippen molar-refractivity contribution in [3.8, 4) is 5.88 Å². The Balaban J connectivity index is 0.00000450. The van der Waals surface area contributed by atoms with Crippen molar-refractivity contribution in [2.24, 2.45) is 4.99 Å². The largest absolute Gasteiger partial charge is 0.473 e. The van der Waals surface area contributed by atoms with Crippen molar-refractivity contribution >= 4 is 35.8 Å². The lowest BCUT2D eigenvalue weighted by molar-refractivity contribution is -0.121. The van der Waals surface area contributed by atoms with Crippen LogP contribution in [-0.4, -0.2) is 35.5 Å². The molecule has 0 saturated carbocycles. The molecule has 164 valence electrons. The highest BCUT2D eigenvalue weighted by molar-refractivity contribution is 14.0. The molecular formula is C22H32IN5O2. The van der Waals surface area contributed by atoms with Crippen LogP contribution in [0, 0.1) is 0 Å². The summed E-state index contributed by atoms with van der Waals surface area (Å²) in [5, 5.41) is 9.12. The van der Waals surface area contributed by atoms with E-state index in [9.17, 15) is 4.79 Å². The zero-order chi connectivity index (χ0) is 21.1. The monoisotopic (exact) mass is 525 g/mol. The van der Waals surface area contributed by atoms with Gasteiger partial charge in [-0.3, -0.25) is 4.79 Å². The summed E-state index contributed by atoms with van der Waals surface area (Å²) in [6, 6.07) is 13.7. The number of benzene rings is 1. The van der Waals surface area contributed by atoms with E-state index in [2.05, 4.69) is 25.9 Å². The minimum Gasteiger partial charge on any atom is -0.473 e. The quantitative estimate of drug-likeness (QED) is 0.280. The normalized spacial score (nSPS) is 11.3. The molecule has 0 bridgehead atoms. The summed E-state index contributed by atoms with van der Waals surface area (Å²) in [6.45, 7) is 9.49. The molecule has 7 nitrogen and oxygen atoms in total. The predicted molar refractivity (Wildman–Crippen MR) is 131 cm³/mol. The first-order valence-electron chi connectivity index (χ1n) is 9.81. The molecule has 0 unspecified atom stereocenters. The van der Waals surface area contributed by atoms with Crippen molar-refractivity contribution in [1.29, 1.82) is 0 Å². The van der Waals surface area contributed by atoms with Crippen LogP contribution in [0.1, 0.15) is 38.8 Å². The third-order valence-electron chi connectivity index (χ3n) is 3.75. The molecule has 0 atom stereocenters. The van der Waals surface area contributed by atoms with E-state index in [1.54, 1.807) is 6.20 Å². The van der Waals surface area contributed by atoms with Gasteiger partial charge in [-0.15, -0.1) is 24.0 Å². The second-order valence-electron chi connectivity index (χ2n) is 7.59. The van der Waals surface area contributed by atoms with Gasteiger partial charge in [-0.2, -0.15) is 0 Å². The van der Waals surface area contributed by atoms with Crippen LogP contribution in [-0.2, 0) is 17.9 Å². The van der Waals surface area contributed by atoms with Gasteiger partial charge in [0, 0.05) is 23.8 Å². The average molecular weight is 525 g/mol. The van der Waals surface area contributed by atoms with Gasteiger partial charge >= 0.3 is 0 Å². The van der Waals surface area contributed by atoms with Crippen molar-refractivity contribution < 1.29 is 9.53 Å². The third-order valence-corrected chi connectivity index (χ3v) is 3.75. The van der Waals surface area contributed by atoms with Gasteiger partial charge in [0.25, 0.3) is 0 Å². The SMILES string of the molecule is CCNC(=NCc1cccnc1OCc1ccccc1)NCC(=O)NC(C)(C)C.I. The number of hydrogen-bond acceptors (Lipinski definition) is 4. The maximum absolute atomic E-state index is 12.0. The van der Waals surface area contributed by atoms with Crippen LogP contribution in [0.15, 0.2) is 53.7 Å². The number of nitrogens with one attached hydrogen (secondary N) is 3. The van der Waals surface area contributed by atoms with E-state index in [1.165, 1.54) is 0 Å². The summed E-state index contributed by atoms with van der Waals surface area (Å²) in [6.07, 6.45) is 1.70. The molecule has 0 spiro atoms. The van der Waals surface area contributed by atoms with E-state index in [4.69, 9.17) is 4.74 Å². The van der Waals surface area contributed by atoms with Crippen molar-refractivity contribution in [3.05, 3.63) is 59.8 Å². The van der Waals surface area contributed by atoms with Crippen LogP contribution in [0.3, 0.4) is 0 Å². The minimum atomic E-state index is -0.269. The first-order valence-corrected chi connectivity index (χ1v) is 9.81. The first-order chi connectivity index (χ1) is 13.9. The highest BCUT2D eigenvalue weighted by atomic mass is 127. The zero-order valence-corrected chi connectivity index (χ0v) is 20.4. The number of amides is 1. The number of aromatic nitrogens is 1. The van der Waals surface area contributed by atoms with E-state index in [0.29, 0.717) is 31.5 Å². The summed E-state index contributed by atoms with van der Waals surface area (Å²) in [4.78, 5) is 20.9. The average Bonchev–Trinajstić information content (AvgIpc) is 2.68. The molecule has 30 heavy (non-hydrogen) atoms. The number of hydrogen-bond donors (Lipinski definition) is 3. The van der Waals surface area contributed by atoms with Crippen LogP contribution in [0.25, 0.3) is 0 Å². The number of nitrogens with zero attached hydrogens (tertiary/aromatic N) is 2. The molecule has 0 saturated heterocycles. The summed E-state index contributed by atoms with van der Waals surface area (Å²) in [7, 11) is 0. The van der Waals surface area contributed by atoms with E-state index >= 15 is 0 Å². The van der Waals surface area contributed by atoms with Crippen LogP contribution >= 0.6 is 24.0 Å². The van der Waals surface area contributed by atoms with Gasteiger partial charge in [-0.05, 0) is 39.3 Å². The Morgan fingerprint density at radius 1 is 1.10 bits per heavy atom. The third kappa shape index (κ3) is 9.91. The molecule has 2 rings (SSSR count). The number of guanidine groups is 1. The fourth-order valence-corrected chi connectivity index (χ4v) is 2.53. The number of pyridine rings is 1. The van der Waals surface area contributed by atoms with Crippen molar-refractivity contribution in [1.82, 2.24) is 20.9 Å².